The van der Waals surface area contributed by atoms with E-state index in [-0.39, 0.29) is 16.8 Å². The van der Waals surface area contributed by atoms with E-state index in [1.165, 1.54) is 0 Å². The third-order valence-corrected chi connectivity index (χ3v) is 7.38. The maximum atomic E-state index is 13.1. The van der Waals surface area contributed by atoms with Crippen LogP contribution in [0.15, 0.2) is 48.5 Å². The van der Waals surface area contributed by atoms with E-state index in [1.807, 2.05) is 64.9 Å². The molecule has 0 unspecified atom stereocenters. The van der Waals surface area contributed by atoms with Gasteiger partial charge in [-0.25, -0.2) is 4.79 Å². The second-order valence-corrected chi connectivity index (χ2v) is 9.44. The van der Waals surface area contributed by atoms with Gasteiger partial charge in [0.2, 0.25) is 0 Å². The molecule has 2 fully saturated rings. The van der Waals surface area contributed by atoms with E-state index in [0.29, 0.717) is 23.7 Å². The van der Waals surface area contributed by atoms with E-state index in [1.54, 1.807) is 12.1 Å². The first-order valence-electron chi connectivity index (χ1n) is 9.81. The van der Waals surface area contributed by atoms with Gasteiger partial charge in [-0.15, -0.1) is 11.8 Å². The molecule has 5 nitrogen and oxygen atoms in total. The van der Waals surface area contributed by atoms with Gasteiger partial charge >= 0.3 is 6.03 Å². The van der Waals surface area contributed by atoms with Crippen molar-refractivity contribution in [1.82, 2.24) is 9.80 Å². The Morgan fingerprint density at radius 2 is 1.83 bits per heavy atom. The molecule has 2 aromatic rings. The van der Waals surface area contributed by atoms with Gasteiger partial charge in [-0.3, -0.25) is 4.79 Å². The number of amides is 3. The maximum absolute atomic E-state index is 13.1. The number of urea groups is 1. The van der Waals surface area contributed by atoms with E-state index < -0.39 is 0 Å². The van der Waals surface area contributed by atoms with Gasteiger partial charge in [0.05, 0.1) is 4.87 Å². The standard InChI is InChI=1S/C22H24ClN3O2S/c1-16-4-2-7-19(14-16)24-21(28)25-10-8-22(9-11-25)26(12-13-29-22)20(27)17-5-3-6-18(23)15-17/h2-7,14-15H,8-13H2,1H3,(H,24,28). The molecule has 0 aliphatic carbocycles. The molecular formula is C22H24ClN3O2S. The van der Waals surface area contributed by atoms with Crippen LogP contribution in [0.25, 0.3) is 0 Å². The number of piperidine rings is 1. The third kappa shape index (κ3) is 4.23. The van der Waals surface area contributed by atoms with Gasteiger partial charge in [-0.05, 0) is 55.7 Å². The van der Waals surface area contributed by atoms with Crippen molar-refractivity contribution in [3.8, 4) is 0 Å². The van der Waals surface area contributed by atoms with Crippen LogP contribution >= 0.6 is 23.4 Å². The monoisotopic (exact) mass is 429 g/mol. The number of hydrogen-bond donors (Lipinski definition) is 1. The second kappa shape index (κ2) is 8.28. The molecule has 4 rings (SSSR count). The van der Waals surface area contributed by atoms with Crippen LogP contribution in [-0.4, -0.2) is 52.0 Å². The minimum absolute atomic E-state index is 0.0233. The van der Waals surface area contributed by atoms with Crippen molar-refractivity contribution in [2.24, 2.45) is 0 Å². The Kier molecular flexibility index (Phi) is 5.74. The molecular weight excluding hydrogens is 406 g/mol. The van der Waals surface area contributed by atoms with E-state index in [9.17, 15) is 9.59 Å². The number of rotatable bonds is 2. The SMILES string of the molecule is Cc1cccc(NC(=O)N2CCC3(CC2)SCCN3C(=O)c2cccc(Cl)c2)c1. The van der Waals surface area contributed by atoms with Gasteiger partial charge < -0.3 is 15.1 Å². The minimum atomic E-state index is -0.237. The number of thioether (sulfide) groups is 1. The molecule has 2 heterocycles. The lowest BCUT2D eigenvalue weighted by molar-refractivity contribution is 0.0585. The lowest BCUT2D eigenvalue weighted by atomic mass is 10.0. The first-order chi connectivity index (χ1) is 14.0. The third-order valence-electron chi connectivity index (χ3n) is 5.60. The largest absolute Gasteiger partial charge is 0.324 e. The Morgan fingerprint density at radius 1 is 1.07 bits per heavy atom. The van der Waals surface area contributed by atoms with Gasteiger partial charge in [-0.2, -0.15) is 0 Å². The highest BCUT2D eigenvalue weighted by molar-refractivity contribution is 8.00. The number of nitrogens with zero attached hydrogens (tertiary/aromatic N) is 2. The molecule has 2 saturated heterocycles. The van der Waals surface area contributed by atoms with Crippen LogP contribution in [0.5, 0.6) is 0 Å². The molecule has 0 aromatic heterocycles. The smallest absolute Gasteiger partial charge is 0.321 e. The highest BCUT2D eigenvalue weighted by atomic mass is 35.5. The van der Waals surface area contributed by atoms with Crippen molar-refractivity contribution in [2.75, 3.05) is 30.7 Å². The summed E-state index contributed by atoms with van der Waals surface area (Å²) in [6, 6.07) is 14.8. The molecule has 2 aliphatic rings. The van der Waals surface area contributed by atoms with Crippen LogP contribution in [0.2, 0.25) is 5.02 Å². The summed E-state index contributed by atoms with van der Waals surface area (Å²) in [5.74, 6) is 0.942. The fraction of sp³-hybridized carbons (Fsp3) is 0.364. The molecule has 1 spiro atoms. The normalized spacial score (nSPS) is 18.1. The van der Waals surface area contributed by atoms with Gasteiger partial charge in [0, 0.05) is 41.7 Å². The zero-order valence-electron chi connectivity index (χ0n) is 16.4. The van der Waals surface area contributed by atoms with Crippen molar-refractivity contribution >= 4 is 41.0 Å². The molecule has 7 heteroatoms. The van der Waals surface area contributed by atoms with Crippen LogP contribution in [0.1, 0.15) is 28.8 Å². The molecule has 3 amide bonds. The van der Waals surface area contributed by atoms with Gasteiger partial charge in [0.15, 0.2) is 0 Å². The first-order valence-corrected chi connectivity index (χ1v) is 11.2. The number of carbonyl (C=O) groups is 2. The van der Waals surface area contributed by atoms with E-state index >= 15 is 0 Å². The number of benzene rings is 2. The zero-order valence-corrected chi connectivity index (χ0v) is 17.9. The topological polar surface area (TPSA) is 52.7 Å². The highest BCUT2D eigenvalue weighted by Gasteiger charge is 2.47. The summed E-state index contributed by atoms with van der Waals surface area (Å²) in [4.78, 5) is 29.4. The summed E-state index contributed by atoms with van der Waals surface area (Å²) < 4.78 is 0. The Hall–Kier alpha value is -2.18. The van der Waals surface area contributed by atoms with Crippen LogP contribution < -0.4 is 5.32 Å². The number of halogens is 1. The van der Waals surface area contributed by atoms with Crippen molar-refractivity contribution in [2.45, 2.75) is 24.6 Å². The lowest BCUT2D eigenvalue weighted by Gasteiger charge is -2.44. The van der Waals surface area contributed by atoms with Crippen LogP contribution in [0.3, 0.4) is 0 Å². The molecule has 0 bridgehead atoms. The predicted molar refractivity (Wildman–Crippen MR) is 119 cm³/mol. The molecule has 0 radical (unpaired) electrons. The summed E-state index contributed by atoms with van der Waals surface area (Å²) in [5, 5.41) is 3.55. The average Bonchev–Trinajstić information content (AvgIpc) is 3.11. The number of aryl methyl sites for hydroxylation is 1. The Morgan fingerprint density at radius 3 is 2.55 bits per heavy atom. The average molecular weight is 430 g/mol. The molecule has 2 aromatic carbocycles. The predicted octanol–water partition coefficient (Wildman–Crippen LogP) is 4.86. The number of hydrogen-bond acceptors (Lipinski definition) is 3. The highest BCUT2D eigenvalue weighted by Crippen LogP contribution is 2.44. The van der Waals surface area contributed by atoms with Crippen molar-refractivity contribution in [1.29, 1.82) is 0 Å². The Labute approximate surface area is 180 Å². The first kappa shape index (κ1) is 20.1. The van der Waals surface area contributed by atoms with E-state index in [2.05, 4.69) is 5.32 Å². The fourth-order valence-electron chi connectivity index (χ4n) is 4.07. The van der Waals surface area contributed by atoms with Crippen molar-refractivity contribution in [3.63, 3.8) is 0 Å². The summed E-state index contributed by atoms with van der Waals surface area (Å²) in [6.45, 7) is 3.99. The van der Waals surface area contributed by atoms with Crippen molar-refractivity contribution < 1.29 is 9.59 Å². The minimum Gasteiger partial charge on any atom is -0.324 e. The van der Waals surface area contributed by atoms with Crippen LogP contribution in [-0.2, 0) is 0 Å². The van der Waals surface area contributed by atoms with Crippen LogP contribution in [0.4, 0.5) is 10.5 Å². The molecule has 0 atom stereocenters. The fourth-order valence-corrected chi connectivity index (χ4v) is 5.72. The molecule has 29 heavy (non-hydrogen) atoms. The summed E-state index contributed by atoms with van der Waals surface area (Å²) in [5.41, 5.74) is 2.54. The quantitative estimate of drug-likeness (QED) is 0.741. The van der Waals surface area contributed by atoms with E-state index in [4.69, 9.17) is 11.6 Å². The maximum Gasteiger partial charge on any atom is 0.321 e. The van der Waals surface area contributed by atoms with Crippen molar-refractivity contribution in [3.05, 3.63) is 64.7 Å². The number of anilines is 1. The van der Waals surface area contributed by atoms with Gasteiger partial charge in [-0.1, -0.05) is 29.8 Å². The number of likely N-dealkylation sites (tertiary alicyclic amines) is 1. The summed E-state index contributed by atoms with van der Waals surface area (Å²) in [6.07, 6.45) is 1.54. The molecule has 0 saturated carbocycles. The molecule has 152 valence electrons. The Balaban J connectivity index is 1.42. The molecule has 2 aliphatic heterocycles. The second-order valence-electron chi connectivity index (χ2n) is 7.55. The lowest BCUT2D eigenvalue weighted by Crippen LogP contribution is -2.54. The number of nitrogens with one attached hydrogen (secondary N) is 1. The Bertz CT molecular complexity index is 928. The number of carbonyl (C=O) groups excluding carboxylic acids is 2. The van der Waals surface area contributed by atoms with Gasteiger partial charge in [0.25, 0.3) is 5.91 Å². The summed E-state index contributed by atoms with van der Waals surface area (Å²) in [7, 11) is 0. The van der Waals surface area contributed by atoms with E-state index in [0.717, 1.165) is 36.4 Å². The van der Waals surface area contributed by atoms with Gasteiger partial charge in [0.1, 0.15) is 0 Å². The van der Waals surface area contributed by atoms with Crippen LogP contribution in [0, 0.1) is 6.92 Å². The molecule has 1 N–H and O–H groups in total. The zero-order chi connectivity index (χ0) is 20.4. The summed E-state index contributed by atoms with van der Waals surface area (Å²) >= 11 is 7.91.